The molecular weight excluding hydrogens is 398 g/mol. The molecule has 8 nitrogen and oxygen atoms in total. The number of likely N-dealkylation sites (tertiary alicyclic amines) is 1. The van der Waals surface area contributed by atoms with Crippen LogP contribution in [-0.4, -0.2) is 55.8 Å². The van der Waals surface area contributed by atoms with Crippen LogP contribution in [0.5, 0.6) is 11.5 Å². The quantitative estimate of drug-likeness (QED) is 0.740. The third-order valence-corrected chi connectivity index (χ3v) is 5.28. The lowest BCUT2D eigenvalue weighted by molar-refractivity contribution is -0.121. The highest BCUT2D eigenvalue weighted by atomic mass is 16.6. The molecule has 8 heteroatoms. The van der Waals surface area contributed by atoms with Gasteiger partial charge in [-0.25, -0.2) is 4.79 Å². The minimum Gasteiger partial charge on any atom is -0.486 e. The summed E-state index contributed by atoms with van der Waals surface area (Å²) in [6.45, 7) is 3.28. The molecule has 31 heavy (non-hydrogen) atoms. The highest BCUT2D eigenvalue weighted by molar-refractivity contribution is 6.01. The van der Waals surface area contributed by atoms with Crippen LogP contribution in [0, 0.1) is 0 Å². The van der Waals surface area contributed by atoms with Gasteiger partial charge in [0, 0.05) is 24.8 Å². The Hall–Kier alpha value is -3.10. The van der Waals surface area contributed by atoms with Gasteiger partial charge in [0.05, 0.1) is 19.3 Å². The van der Waals surface area contributed by atoms with Crippen LogP contribution in [0.15, 0.2) is 48.5 Å². The summed E-state index contributed by atoms with van der Waals surface area (Å²) in [6.07, 6.45) is 1.92. The first-order chi connectivity index (χ1) is 15.2. The summed E-state index contributed by atoms with van der Waals surface area (Å²) >= 11 is 0. The van der Waals surface area contributed by atoms with Gasteiger partial charge in [-0.3, -0.25) is 15.0 Å². The van der Waals surface area contributed by atoms with Crippen molar-refractivity contribution in [1.29, 1.82) is 0 Å². The largest absolute Gasteiger partial charge is 0.486 e. The first-order valence-electron chi connectivity index (χ1n) is 10.5. The van der Waals surface area contributed by atoms with Crippen LogP contribution in [0.3, 0.4) is 0 Å². The summed E-state index contributed by atoms with van der Waals surface area (Å²) in [5, 5.41) is 5.03. The van der Waals surface area contributed by atoms with Gasteiger partial charge < -0.3 is 19.5 Å². The van der Waals surface area contributed by atoms with Gasteiger partial charge in [0.1, 0.15) is 13.2 Å². The van der Waals surface area contributed by atoms with Crippen LogP contribution >= 0.6 is 0 Å². The normalized spacial score (nSPS) is 16.5. The first kappa shape index (κ1) is 21.1. The average Bonchev–Trinajstić information content (AvgIpc) is 2.79. The molecule has 0 unspecified atom stereocenters. The van der Waals surface area contributed by atoms with Crippen molar-refractivity contribution in [2.75, 3.05) is 38.2 Å². The number of carbonyl (C=O) groups is 2. The number of nitrogens with zero attached hydrogens (tertiary/aromatic N) is 1. The first-order valence-corrected chi connectivity index (χ1v) is 10.5. The Kier molecular flexibility index (Phi) is 7.01. The molecule has 0 atom stereocenters. The van der Waals surface area contributed by atoms with Crippen molar-refractivity contribution in [3.63, 3.8) is 0 Å². The van der Waals surface area contributed by atoms with Crippen molar-refractivity contribution >= 4 is 17.6 Å². The molecule has 0 spiro atoms. The molecule has 1 saturated heterocycles. The molecule has 0 radical (unpaired) electrons. The molecule has 2 heterocycles. The predicted molar refractivity (Wildman–Crippen MR) is 115 cm³/mol. The molecule has 2 N–H and O–H groups in total. The third kappa shape index (κ3) is 6.19. The highest BCUT2D eigenvalue weighted by Crippen LogP contribution is 2.32. The Bertz CT molecular complexity index is 897. The monoisotopic (exact) mass is 425 g/mol. The number of amides is 3. The van der Waals surface area contributed by atoms with Crippen molar-refractivity contribution in [2.45, 2.75) is 25.6 Å². The van der Waals surface area contributed by atoms with E-state index in [1.807, 2.05) is 23.1 Å². The molecule has 0 aliphatic carbocycles. The summed E-state index contributed by atoms with van der Waals surface area (Å²) in [5.74, 6) is 0.885. The van der Waals surface area contributed by atoms with E-state index in [4.69, 9.17) is 14.2 Å². The van der Waals surface area contributed by atoms with Gasteiger partial charge >= 0.3 is 6.03 Å². The molecule has 2 aliphatic heterocycles. The van der Waals surface area contributed by atoms with Crippen LogP contribution in [0.25, 0.3) is 0 Å². The molecule has 2 aliphatic rings. The van der Waals surface area contributed by atoms with E-state index in [0.717, 1.165) is 31.5 Å². The minimum atomic E-state index is -0.567. The molecule has 0 bridgehead atoms. The van der Waals surface area contributed by atoms with Gasteiger partial charge in [-0.15, -0.1) is 0 Å². The molecule has 0 aromatic heterocycles. The molecule has 3 amide bonds. The topological polar surface area (TPSA) is 89.1 Å². The fraction of sp³-hybridized carbons (Fsp3) is 0.391. The lowest BCUT2D eigenvalue weighted by Gasteiger charge is -2.31. The highest BCUT2D eigenvalue weighted by Gasteiger charge is 2.22. The predicted octanol–water partition coefficient (Wildman–Crippen LogP) is 2.79. The van der Waals surface area contributed by atoms with Gasteiger partial charge in [-0.2, -0.15) is 0 Å². The molecule has 164 valence electrons. The van der Waals surface area contributed by atoms with Crippen molar-refractivity contribution in [3.05, 3.63) is 54.1 Å². The molecule has 4 rings (SSSR count). The van der Waals surface area contributed by atoms with Gasteiger partial charge in [-0.1, -0.05) is 30.3 Å². The summed E-state index contributed by atoms with van der Waals surface area (Å²) in [6, 6.07) is 14.7. The summed E-state index contributed by atoms with van der Waals surface area (Å²) in [4.78, 5) is 26.4. The number of hydrogen-bond acceptors (Lipinski definition) is 6. The number of fused-ring (bicyclic) bond motifs is 1. The standard InChI is InChI=1S/C23H27N3O5/c27-22(25-23(28)24-18-6-7-20-21(14-18)30-13-12-29-20)15-26-10-8-19(9-11-26)31-16-17-4-2-1-3-5-17/h1-7,14,19H,8-13,15-16H2,(H2,24,25,27,28). The summed E-state index contributed by atoms with van der Waals surface area (Å²) < 4.78 is 16.9. The SMILES string of the molecule is O=C(CN1CCC(OCc2ccccc2)CC1)NC(=O)Nc1ccc2c(c1)OCCO2. The van der Waals surface area contributed by atoms with Crippen molar-refractivity contribution in [2.24, 2.45) is 0 Å². The maximum atomic E-state index is 12.2. The molecule has 1 fully saturated rings. The number of imide groups is 1. The van der Waals surface area contributed by atoms with E-state index in [1.54, 1.807) is 18.2 Å². The van der Waals surface area contributed by atoms with E-state index >= 15 is 0 Å². The number of urea groups is 1. The second kappa shape index (κ2) is 10.3. The second-order valence-corrected chi connectivity index (χ2v) is 7.63. The maximum Gasteiger partial charge on any atom is 0.325 e. The van der Waals surface area contributed by atoms with Crippen LogP contribution in [-0.2, 0) is 16.1 Å². The maximum absolute atomic E-state index is 12.2. The third-order valence-electron chi connectivity index (χ3n) is 5.28. The Labute approximate surface area is 181 Å². The zero-order valence-electron chi connectivity index (χ0n) is 17.3. The summed E-state index contributed by atoms with van der Waals surface area (Å²) in [5.41, 5.74) is 1.69. The van der Waals surface area contributed by atoms with Crippen LogP contribution < -0.4 is 20.1 Å². The second-order valence-electron chi connectivity index (χ2n) is 7.63. The van der Waals surface area contributed by atoms with E-state index in [9.17, 15) is 9.59 Å². The number of hydrogen-bond donors (Lipinski definition) is 2. The fourth-order valence-corrected chi connectivity index (χ4v) is 3.68. The molecular formula is C23H27N3O5. The zero-order chi connectivity index (χ0) is 21.5. The van der Waals surface area contributed by atoms with Crippen molar-refractivity contribution < 1.29 is 23.8 Å². The van der Waals surface area contributed by atoms with Crippen LogP contribution in [0.4, 0.5) is 10.5 Å². The fourth-order valence-electron chi connectivity index (χ4n) is 3.68. The van der Waals surface area contributed by atoms with E-state index < -0.39 is 6.03 Å². The van der Waals surface area contributed by atoms with Gasteiger partial charge in [0.25, 0.3) is 0 Å². The van der Waals surface area contributed by atoms with E-state index in [0.29, 0.717) is 37.0 Å². The lowest BCUT2D eigenvalue weighted by atomic mass is 10.1. The zero-order valence-corrected chi connectivity index (χ0v) is 17.3. The lowest BCUT2D eigenvalue weighted by Crippen LogP contribution is -2.45. The van der Waals surface area contributed by atoms with E-state index in [1.165, 1.54) is 0 Å². The van der Waals surface area contributed by atoms with Crippen molar-refractivity contribution in [1.82, 2.24) is 10.2 Å². The smallest absolute Gasteiger partial charge is 0.325 e. The molecule has 2 aromatic carbocycles. The number of ether oxygens (including phenoxy) is 3. The number of anilines is 1. The van der Waals surface area contributed by atoms with Gasteiger partial charge in [-0.05, 0) is 30.5 Å². The Morgan fingerprint density at radius 3 is 2.52 bits per heavy atom. The van der Waals surface area contributed by atoms with Crippen LogP contribution in [0.1, 0.15) is 18.4 Å². The number of nitrogens with one attached hydrogen (secondary N) is 2. The minimum absolute atomic E-state index is 0.181. The average molecular weight is 425 g/mol. The van der Waals surface area contributed by atoms with Gasteiger partial charge in [0.15, 0.2) is 11.5 Å². The van der Waals surface area contributed by atoms with Gasteiger partial charge in [0.2, 0.25) is 5.91 Å². The Morgan fingerprint density at radius 1 is 1.00 bits per heavy atom. The number of benzene rings is 2. The van der Waals surface area contributed by atoms with Crippen molar-refractivity contribution in [3.8, 4) is 11.5 Å². The Balaban J connectivity index is 1.16. The van der Waals surface area contributed by atoms with Crippen LogP contribution in [0.2, 0.25) is 0 Å². The van der Waals surface area contributed by atoms with E-state index in [-0.39, 0.29) is 18.6 Å². The number of carbonyl (C=O) groups excluding carboxylic acids is 2. The summed E-state index contributed by atoms with van der Waals surface area (Å²) in [7, 11) is 0. The molecule has 2 aromatic rings. The number of piperidine rings is 1. The molecule has 0 saturated carbocycles. The Morgan fingerprint density at radius 2 is 1.74 bits per heavy atom. The van der Waals surface area contributed by atoms with E-state index in [2.05, 4.69) is 22.8 Å². The number of rotatable bonds is 6.